The summed E-state index contributed by atoms with van der Waals surface area (Å²) in [5, 5.41) is 14.0. The smallest absolute Gasteiger partial charge is 0.256 e. The molecule has 0 atom stereocenters. The lowest BCUT2D eigenvalue weighted by Crippen LogP contribution is -2.49. The molecule has 8 nitrogen and oxygen atoms in total. The van der Waals surface area contributed by atoms with Crippen molar-refractivity contribution in [2.75, 3.05) is 31.1 Å². The zero-order valence-corrected chi connectivity index (χ0v) is 17.3. The average Bonchev–Trinajstić information content (AvgIpc) is 3.22. The lowest BCUT2D eigenvalue weighted by molar-refractivity contribution is 0.0742. The molecule has 1 aliphatic heterocycles. The van der Waals surface area contributed by atoms with Gasteiger partial charge in [-0.05, 0) is 31.2 Å². The molecule has 0 spiro atoms. The molecule has 3 aromatic rings. The van der Waals surface area contributed by atoms with E-state index in [-0.39, 0.29) is 5.91 Å². The Balaban J connectivity index is 1.42. The monoisotopic (exact) mass is 420 g/mol. The van der Waals surface area contributed by atoms with Crippen molar-refractivity contribution >= 4 is 23.5 Å². The number of hydrogen-bond acceptors (Lipinski definition) is 8. The molecule has 0 unspecified atom stereocenters. The third kappa shape index (κ3) is 4.28. The van der Waals surface area contributed by atoms with E-state index >= 15 is 0 Å². The van der Waals surface area contributed by atoms with Crippen LogP contribution in [-0.4, -0.2) is 52.1 Å². The van der Waals surface area contributed by atoms with Crippen LogP contribution in [0.2, 0.25) is 0 Å². The first-order valence-electron chi connectivity index (χ1n) is 9.55. The summed E-state index contributed by atoms with van der Waals surface area (Å²) in [5.74, 6) is 1.97. The van der Waals surface area contributed by atoms with Crippen molar-refractivity contribution in [1.29, 1.82) is 5.26 Å². The Bertz CT molecular complexity index is 1080. The number of amides is 1. The van der Waals surface area contributed by atoms with Crippen molar-refractivity contribution in [3.8, 4) is 6.07 Å². The number of nitriles is 1. The number of thioether (sulfide) groups is 1. The van der Waals surface area contributed by atoms with E-state index in [4.69, 9.17) is 4.52 Å². The van der Waals surface area contributed by atoms with Crippen LogP contribution in [0.5, 0.6) is 0 Å². The minimum atomic E-state index is -0.0388. The molecule has 0 aliphatic carbocycles. The minimum absolute atomic E-state index is 0.0388. The number of pyridine rings is 2. The molecule has 0 saturated carbocycles. The average molecular weight is 420 g/mol. The van der Waals surface area contributed by atoms with E-state index in [2.05, 4.69) is 21.2 Å². The number of aromatic nitrogens is 3. The predicted molar refractivity (Wildman–Crippen MR) is 112 cm³/mol. The normalized spacial score (nSPS) is 13.9. The first-order chi connectivity index (χ1) is 14.7. The highest BCUT2D eigenvalue weighted by atomic mass is 32.2. The number of anilines is 1. The molecule has 4 heterocycles. The molecular formula is C21H20N6O2S. The predicted octanol–water partition coefficient (Wildman–Crippen LogP) is 2.90. The molecule has 1 aliphatic rings. The van der Waals surface area contributed by atoms with Crippen LogP contribution in [-0.2, 0) is 5.75 Å². The summed E-state index contributed by atoms with van der Waals surface area (Å²) < 4.78 is 5.10. The number of nitrogens with zero attached hydrogens (tertiary/aromatic N) is 6. The number of carbonyl (C=O) groups excluding carboxylic acids is 1. The van der Waals surface area contributed by atoms with E-state index in [1.165, 1.54) is 11.8 Å². The lowest BCUT2D eigenvalue weighted by Gasteiger charge is -2.35. The third-order valence-corrected chi connectivity index (χ3v) is 5.85. The first kappa shape index (κ1) is 19.9. The highest BCUT2D eigenvalue weighted by Crippen LogP contribution is 2.26. The van der Waals surface area contributed by atoms with Gasteiger partial charge in [0.15, 0.2) is 0 Å². The summed E-state index contributed by atoms with van der Waals surface area (Å²) in [6.07, 6.45) is 3.37. The Morgan fingerprint density at radius 1 is 1.20 bits per heavy atom. The highest BCUT2D eigenvalue weighted by molar-refractivity contribution is 7.98. The Morgan fingerprint density at radius 2 is 1.97 bits per heavy atom. The third-order valence-electron chi connectivity index (χ3n) is 4.81. The van der Waals surface area contributed by atoms with Gasteiger partial charge in [0.25, 0.3) is 5.91 Å². The van der Waals surface area contributed by atoms with Crippen LogP contribution in [0.25, 0.3) is 0 Å². The lowest BCUT2D eigenvalue weighted by atomic mass is 10.2. The van der Waals surface area contributed by atoms with Gasteiger partial charge in [-0.1, -0.05) is 16.9 Å². The maximum absolute atomic E-state index is 13.2. The van der Waals surface area contributed by atoms with Crippen LogP contribution in [0.3, 0.4) is 0 Å². The zero-order chi connectivity index (χ0) is 20.9. The Hall–Kier alpha value is -3.38. The molecule has 152 valence electrons. The fourth-order valence-corrected chi connectivity index (χ4v) is 4.19. The molecule has 0 aromatic carbocycles. The number of hydrogen-bond donors (Lipinski definition) is 0. The van der Waals surface area contributed by atoms with Gasteiger partial charge in [0, 0.05) is 50.4 Å². The maximum atomic E-state index is 13.2. The molecule has 3 aromatic heterocycles. The molecule has 0 N–H and O–H groups in total. The van der Waals surface area contributed by atoms with Gasteiger partial charge in [-0.2, -0.15) is 5.26 Å². The second-order valence-electron chi connectivity index (χ2n) is 6.84. The van der Waals surface area contributed by atoms with Crippen molar-refractivity contribution in [2.45, 2.75) is 17.7 Å². The maximum Gasteiger partial charge on any atom is 0.256 e. The Kier molecular flexibility index (Phi) is 5.95. The molecule has 1 amide bonds. The Labute approximate surface area is 178 Å². The first-order valence-corrected chi connectivity index (χ1v) is 10.5. The Morgan fingerprint density at radius 3 is 2.70 bits per heavy atom. The van der Waals surface area contributed by atoms with Crippen molar-refractivity contribution in [1.82, 2.24) is 20.0 Å². The standard InChI is InChI=1S/C21H20N6O2S/c1-15-12-17(25-29-15)14-30-20-18(5-3-7-24-20)21(28)27-10-8-26(9-11-27)19-16(13-22)4-2-6-23-19/h2-7,12H,8-11,14H2,1H3. The second-order valence-corrected chi connectivity index (χ2v) is 7.80. The van der Waals surface area contributed by atoms with Crippen LogP contribution in [0.1, 0.15) is 27.4 Å². The van der Waals surface area contributed by atoms with Crippen LogP contribution in [0.4, 0.5) is 5.82 Å². The summed E-state index contributed by atoms with van der Waals surface area (Å²) in [6.45, 7) is 4.21. The van der Waals surface area contributed by atoms with E-state index in [1.807, 2.05) is 28.9 Å². The van der Waals surface area contributed by atoms with Gasteiger partial charge in [0.1, 0.15) is 22.7 Å². The minimum Gasteiger partial charge on any atom is -0.361 e. The number of piperazine rings is 1. The van der Waals surface area contributed by atoms with Crippen LogP contribution in [0.15, 0.2) is 52.3 Å². The number of rotatable bonds is 5. The number of carbonyl (C=O) groups is 1. The fraction of sp³-hybridized carbons (Fsp3) is 0.286. The summed E-state index contributed by atoms with van der Waals surface area (Å²) in [6, 6.07) is 11.2. The summed E-state index contributed by atoms with van der Waals surface area (Å²) in [7, 11) is 0. The molecule has 4 rings (SSSR count). The molecule has 0 radical (unpaired) electrons. The molecule has 1 fully saturated rings. The van der Waals surface area contributed by atoms with E-state index in [0.717, 1.165) is 11.5 Å². The van der Waals surface area contributed by atoms with Gasteiger partial charge in [-0.15, -0.1) is 0 Å². The zero-order valence-electron chi connectivity index (χ0n) is 16.5. The molecule has 9 heteroatoms. The fourth-order valence-electron chi connectivity index (χ4n) is 3.32. The molecular weight excluding hydrogens is 400 g/mol. The van der Waals surface area contributed by atoms with Crippen LogP contribution in [0, 0.1) is 18.3 Å². The van der Waals surface area contributed by atoms with Crippen molar-refractivity contribution in [3.63, 3.8) is 0 Å². The topological polar surface area (TPSA) is 99.2 Å². The van der Waals surface area contributed by atoms with Gasteiger partial charge in [0.05, 0.1) is 16.8 Å². The van der Waals surface area contributed by atoms with E-state index < -0.39 is 0 Å². The highest BCUT2D eigenvalue weighted by Gasteiger charge is 2.26. The van der Waals surface area contributed by atoms with Crippen molar-refractivity contribution in [2.24, 2.45) is 0 Å². The summed E-state index contributed by atoms with van der Waals surface area (Å²) in [5.41, 5.74) is 1.96. The van der Waals surface area contributed by atoms with Crippen molar-refractivity contribution < 1.29 is 9.32 Å². The SMILES string of the molecule is Cc1cc(CSc2ncccc2C(=O)N2CCN(c3ncccc3C#N)CC2)no1. The molecule has 1 saturated heterocycles. The second kappa shape index (κ2) is 8.97. The summed E-state index contributed by atoms with van der Waals surface area (Å²) >= 11 is 1.47. The van der Waals surface area contributed by atoms with Gasteiger partial charge >= 0.3 is 0 Å². The molecule has 0 bridgehead atoms. The van der Waals surface area contributed by atoms with E-state index in [0.29, 0.717) is 53.9 Å². The van der Waals surface area contributed by atoms with Crippen molar-refractivity contribution in [3.05, 3.63) is 65.3 Å². The van der Waals surface area contributed by atoms with Crippen LogP contribution >= 0.6 is 11.8 Å². The van der Waals surface area contributed by atoms with Gasteiger partial charge in [-0.3, -0.25) is 4.79 Å². The van der Waals surface area contributed by atoms with E-state index in [1.54, 1.807) is 30.6 Å². The quantitative estimate of drug-likeness (QED) is 0.581. The van der Waals surface area contributed by atoms with E-state index in [9.17, 15) is 10.1 Å². The van der Waals surface area contributed by atoms with Gasteiger partial charge in [-0.25, -0.2) is 9.97 Å². The van der Waals surface area contributed by atoms with Gasteiger partial charge < -0.3 is 14.3 Å². The van der Waals surface area contributed by atoms with Gasteiger partial charge in [0.2, 0.25) is 0 Å². The summed E-state index contributed by atoms with van der Waals surface area (Å²) in [4.78, 5) is 25.8. The van der Waals surface area contributed by atoms with Crippen LogP contribution < -0.4 is 4.90 Å². The number of aryl methyl sites for hydroxylation is 1. The largest absolute Gasteiger partial charge is 0.361 e. The molecule has 30 heavy (non-hydrogen) atoms.